The summed E-state index contributed by atoms with van der Waals surface area (Å²) in [6.07, 6.45) is 8.84. The Kier molecular flexibility index (Phi) is 6.41. The molecule has 3 nitrogen and oxygen atoms in total. The molecule has 0 unspecified atom stereocenters. The van der Waals surface area contributed by atoms with Gasteiger partial charge in [0.2, 0.25) is 5.91 Å². The van der Waals surface area contributed by atoms with Gasteiger partial charge in [-0.05, 0) is 36.0 Å². The fourth-order valence-electron chi connectivity index (χ4n) is 4.07. The van der Waals surface area contributed by atoms with Crippen LogP contribution in [0.4, 0.5) is 0 Å². The molecule has 3 heteroatoms. The van der Waals surface area contributed by atoms with Crippen molar-refractivity contribution >= 4 is 5.91 Å². The average molecular weight is 367 g/mol. The van der Waals surface area contributed by atoms with E-state index in [2.05, 4.69) is 78.9 Å². The molecule has 3 rings (SSSR count). The van der Waals surface area contributed by atoms with Crippen LogP contribution in [0.1, 0.15) is 70.6 Å². The third-order valence-electron chi connectivity index (χ3n) is 5.47. The zero-order valence-electron chi connectivity index (χ0n) is 17.2. The lowest BCUT2D eigenvalue weighted by molar-refractivity contribution is -0.137. The Hall–Kier alpha value is -2.03. The Morgan fingerprint density at radius 2 is 1.74 bits per heavy atom. The molecule has 1 fully saturated rings. The van der Waals surface area contributed by atoms with Gasteiger partial charge in [0, 0.05) is 30.9 Å². The molecular weight excluding hydrogens is 332 g/mol. The summed E-state index contributed by atoms with van der Waals surface area (Å²) in [6.45, 7) is 8.04. The minimum Gasteiger partial charge on any atom is -0.345 e. The maximum atomic E-state index is 13.2. The van der Waals surface area contributed by atoms with E-state index < -0.39 is 0 Å². The highest BCUT2D eigenvalue weighted by Gasteiger charge is 2.28. The van der Waals surface area contributed by atoms with Crippen LogP contribution >= 0.6 is 0 Å². The molecule has 1 saturated carbocycles. The number of benzene rings is 1. The lowest BCUT2D eigenvalue weighted by Crippen LogP contribution is -2.42. The zero-order chi connectivity index (χ0) is 19.3. The molecule has 1 aromatic carbocycles. The first-order valence-electron chi connectivity index (χ1n) is 10.4. The lowest BCUT2D eigenvalue weighted by Gasteiger charge is -2.36. The molecule has 1 heterocycles. The Labute approximate surface area is 164 Å². The Morgan fingerprint density at radius 1 is 1.04 bits per heavy atom. The fourth-order valence-corrected chi connectivity index (χ4v) is 4.07. The molecule has 1 aromatic heterocycles. The number of hydrogen-bond donors (Lipinski definition) is 0. The van der Waals surface area contributed by atoms with E-state index in [1.54, 1.807) is 0 Å². The summed E-state index contributed by atoms with van der Waals surface area (Å²) < 4.78 is 2.29. The standard InChI is InChI=1S/C24H34N2O/c1-24(2,3)17-23(27)26(21-13-8-5-9-14-21)19-22-15-10-16-25(22)18-20-11-6-4-7-12-20/h4,6-7,10-12,15-16,21H,5,8-9,13-14,17-19H2,1-3H3. The second kappa shape index (κ2) is 8.77. The van der Waals surface area contributed by atoms with Crippen molar-refractivity contribution in [3.05, 3.63) is 59.9 Å². The van der Waals surface area contributed by atoms with Crippen molar-refractivity contribution in [1.82, 2.24) is 9.47 Å². The van der Waals surface area contributed by atoms with Gasteiger partial charge in [-0.3, -0.25) is 4.79 Å². The van der Waals surface area contributed by atoms with E-state index in [4.69, 9.17) is 0 Å². The van der Waals surface area contributed by atoms with E-state index in [0.29, 0.717) is 18.4 Å². The predicted molar refractivity (Wildman–Crippen MR) is 111 cm³/mol. The normalized spacial score (nSPS) is 15.7. The quantitative estimate of drug-likeness (QED) is 0.650. The molecule has 0 bridgehead atoms. The average Bonchev–Trinajstić information content (AvgIpc) is 3.06. The number of carbonyl (C=O) groups is 1. The first-order valence-corrected chi connectivity index (χ1v) is 10.4. The Morgan fingerprint density at radius 3 is 2.41 bits per heavy atom. The van der Waals surface area contributed by atoms with Crippen LogP contribution in [-0.4, -0.2) is 21.4 Å². The van der Waals surface area contributed by atoms with Crippen LogP contribution in [0.25, 0.3) is 0 Å². The molecule has 0 spiro atoms. The molecule has 1 aliphatic rings. The molecule has 27 heavy (non-hydrogen) atoms. The van der Waals surface area contributed by atoms with Gasteiger partial charge >= 0.3 is 0 Å². The summed E-state index contributed by atoms with van der Waals surface area (Å²) in [7, 11) is 0. The summed E-state index contributed by atoms with van der Waals surface area (Å²) in [5.41, 5.74) is 2.54. The topological polar surface area (TPSA) is 25.2 Å². The van der Waals surface area contributed by atoms with Crippen LogP contribution in [0.3, 0.4) is 0 Å². The van der Waals surface area contributed by atoms with E-state index in [1.807, 2.05) is 0 Å². The van der Waals surface area contributed by atoms with Gasteiger partial charge < -0.3 is 9.47 Å². The third-order valence-corrected chi connectivity index (χ3v) is 5.47. The molecule has 146 valence electrons. The van der Waals surface area contributed by atoms with Gasteiger partial charge in [-0.1, -0.05) is 70.4 Å². The molecule has 0 radical (unpaired) electrons. The van der Waals surface area contributed by atoms with Crippen LogP contribution in [0, 0.1) is 5.41 Å². The van der Waals surface area contributed by atoms with E-state index in [-0.39, 0.29) is 5.41 Å². The van der Waals surface area contributed by atoms with Crippen molar-refractivity contribution in [2.24, 2.45) is 5.41 Å². The SMILES string of the molecule is CC(C)(C)CC(=O)N(Cc1cccn1Cc1ccccc1)C1CCCCC1. The van der Waals surface area contributed by atoms with Crippen LogP contribution < -0.4 is 0 Å². The molecule has 0 atom stereocenters. The van der Waals surface area contributed by atoms with Crippen LogP contribution in [-0.2, 0) is 17.9 Å². The first-order chi connectivity index (χ1) is 12.9. The predicted octanol–water partition coefficient (Wildman–Crippen LogP) is 5.63. The maximum Gasteiger partial charge on any atom is 0.223 e. The minimum absolute atomic E-state index is 0.0238. The highest BCUT2D eigenvalue weighted by atomic mass is 16.2. The number of amides is 1. The monoisotopic (exact) mass is 366 g/mol. The van der Waals surface area contributed by atoms with Crippen molar-refractivity contribution in [3.8, 4) is 0 Å². The molecule has 1 aliphatic carbocycles. The number of carbonyl (C=O) groups excluding carboxylic acids is 1. The number of nitrogens with zero attached hydrogens (tertiary/aromatic N) is 2. The number of aromatic nitrogens is 1. The van der Waals surface area contributed by atoms with E-state index in [1.165, 1.54) is 30.5 Å². The minimum atomic E-state index is 0.0238. The van der Waals surface area contributed by atoms with Gasteiger partial charge in [-0.15, -0.1) is 0 Å². The molecule has 0 saturated heterocycles. The lowest BCUT2D eigenvalue weighted by atomic mass is 9.89. The van der Waals surface area contributed by atoms with Gasteiger partial charge in [0.25, 0.3) is 0 Å². The van der Waals surface area contributed by atoms with E-state index >= 15 is 0 Å². The van der Waals surface area contributed by atoms with Crippen LogP contribution in [0.5, 0.6) is 0 Å². The largest absolute Gasteiger partial charge is 0.345 e. The van der Waals surface area contributed by atoms with Gasteiger partial charge in [-0.25, -0.2) is 0 Å². The second-order valence-electron chi connectivity index (χ2n) is 9.16. The van der Waals surface area contributed by atoms with Gasteiger partial charge in [0.1, 0.15) is 0 Å². The molecule has 0 N–H and O–H groups in total. The van der Waals surface area contributed by atoms with Gasteiger partial charge in [0.05, 0.1) is 6.54 Å². The Balaban J connectivity index is 1.77. The van der Waals surface area contributed by atoms with E-state index in [0.717, 1.165) is 25.9 Å². The summed E-state index contributed by atoms with van der Waals surface area (Å²) >= 11 is 0. The second-order valence-corrected chi connectivity index (χ2v) is 9.16. The van der Waals surface area contributed by atoms with Crippen molar-refractivity contribution in [1.29, 1.82) is 0 Å². The Bertz CT molecular complexity index is 720. The molecular formula is C24H34N2O. The van der Waals surface area contributed by atoms with Gasteiger partial charge in [0.15, 0.2) is 0 Å². The first kappa shape index (κ1) is 19.7. The number of rotatable bonds is 6. The molecule has 1 amide bonds. The summed E-state index contributed by atoms with van der Waals surface area (Å²) in [5, 5.41) is 0. The summed E-state index contributed by atoms with van der Waals surface area (Å²) in [5.74, 6) is 0.307. The van der Waals surface area contributed by atoms with E-state index in [9.17, 15) is 4.79 Å². The van der Waals surface area contributed by atoms with Gasteiger partial charge in [-0.2, -0.15) is 0 Å². The maximum absolute atomic E-state index is 13.2. The third kappa shape index (κ3) is 5.72. The summed E-state index contributed by atoms with van der Waals surface area (Å²) in [6, 6.07) is 15.2. The van der Waals surface area contributed by atoms with Crippen molar-refractivity contribution < 1.29 is 4.79 Å². The zero-order valence-corrected chi connectivity index (χ0v) is 17.2. The fraction of sp³-hybridized carbons (Fsp3) is 0.542. The smallest absolute Gasteiger partial charge is 0.223 e. The van der Waals surface area contributed by atoms with Crippen LogP contribution in [0.2, 0.25) is 0 Å². The molecule has 2 aromatic rings. The van der Waals surface area contributed by atoms with Crippen molar-refractivity contribution in [2.75, 3.05) is 0 Å². The van der Waals surface area contributed by atoms with Crippen LogP contribution in [0.15, 0.2) is 48.7 Å². The highest BCUT2D eigenvalue weighted by molar-refractivity contribution is 5.77. The van der Waals surface area contributed by atoms with Crippen molar-refractivity contribution in [3.63, 3.8) is 0 Å². The molecule has 0 aliphatic heterocycles. The number of hydrogen-bond acceptors (Lipinski definition) is 1. The van der Waals surface area contributed by atoms with Crippen molar-refractivity contribution in [2.45, 2.75) is 78.4 Å². The summed E-state index contributed by atoms with van der Waals surface area (Å²) in [4.78, 5) is 15.4. The highest BCUT2D eigenvalue weighted by Crippen LogP contribution is 2.28.